The molecular weight excluding hydrogens is 246 g/mol. The summed E-state index contributed by atoms with van der Waals surface area (Å²) in [5.41, 5.74) is 0. The van der Waals surface area contributed by atoms with Crippen LogP contribution in [0.2, 0.25) is 5.02 Å². The van der Waals surface area contributed by atoms with E-state index in [9.17, 15) is 0 Å². The van der Waals surface area contributed by atoms with Crippen molar-refractivity contribution in [2.24, 2.45) is 0 Å². The average Bonchev–Trinajstić information content (AvgIpc) is 2.30. The SMILES string of the molecule is Clc1c(Br)sc2ncccc12. The van der Waals surface area contributed by atoms with Gasteiger partial charge in [0, 0.05) is 11.6 Å². The highest BCUT2D eigenvalue weighted by atomic mass is 79.9. The van der Waals surface area contributed by atoms with Crippen LogP contribution in [0.1, 0.15) is 0 Å². The maximum absolute atomic E-state index is 5.97. The lowest BCUT2D eigenvalue weighted by Gasteiger charge is -1.85. The number of halogens is 2. The summed E-state index contributed by atoms with van der Waals surface area (Å²) in [6.07, 6.45) is 1.77. The van der Waals surface area contributed by atoms with E-state index in [4.69, 9.17) is 11.6 Å². The van der Waals surface area contributed by atoms with Gasteiger partial charge in [-0.3, -0.25) is 0 Å². The fraction of sp³-hybridized carbons (Fsp3) is 0. The molecule has 0 aliphatic heterocycles. The molecule has 0 radical (unpaired) electrons. The molecular formula is C7H3BrClNS. The van der Waals surface area contributed by atoms with Crippen LogP contribution in [-0.2, 0) is 0 Å². The molecule has 2 aromatic heterocycles. The first-order valence-electron chi connectivity index (χ1n) is 2.97. The summed E-state index contributed by atoms with van der Waals surface area (Å²) in [7, 11) is 0. The van der Waals surface area contributed by atoms with Gasteiger partial charge in [-0.15, -0.1) is 11.3 Å². The summed E-state index contributed by atoms with van der Waals surface area (Å²) in [6.45, 7) is 0. The third-order valence-electron chi connectivity index (χ3n) is 1.37. The molecule has 0 spiro atoms. The Hall–Kier alpha value is -0.120. The number of aromatic nitrogens is 1. The van der Waals surface area contributed by atoms with Crippen LogP contribution in [-0.4, -0.2) is 4.98 Å². The average molecular weight is 249 g/mol. The highest BCUT2D eigenvalue weighted by Gasteiger charge is 2.06. The van der Waals surface area contributed by atoms with E-state index in [2.05, 4.69) is 20.9 Å². The minimum atomic E-state index is 0.762. The lowest BCUT2D eigenvalue weighted by molar-refractivity contribution is 1.45. The summed E-state index contributed by atoms with van der Waals surface area (Å²) in [5, 5.41) is 1.78. The van der Waals surface area contributed by atoms with Gasteiger partial charge in [0.2, 0.25) is 0 Å². The van der Waals surface area contributed by atoms with Gasteiger partial charge in [0.25, 0.3) is 0 Å². The van der Waals surface area contributed by atoms with E-state index in [0.717, 1.165) is 19.0 Å². The molecule has 0 bridgehead atoms. The number of hydrogen-bond acceptors (Lipinski definition) is 2. The van der Waals surface area contributed by atoms with E-state index in [1.165, 1.54) is 0 Å². The minimum Gasteiger partial charge on any atom is -0.245 e. The van der Waals surface area contributed by atoms with Crippen LogP contribution in [0, 0.1) is 0 Å². The molecule has 0 saturated heterocycles. The maximum Gasteiger partial charge on any atom is 0.125 e. The fourth-order valence-corrected chi connectivity index (χ4v) is 2.64. The largest absolute Gasteiger partial charge is 0.245 e. The zero-order valence-electron chi connectivity index (χ0n) is 5.34. The van der Waals surface area contributed by atoms with Gasteiger partial charge in [-0.25, -0.2) is 4.98 Å². The van der Waals surface area contributed by atoms with Crippen molar-refractivity contribution in [1.82, 2.24) is 4.98 Å². The quantitative estimate of drug-likeness (QED) is 0.692. The molecule has 0 fully saturated rings. The monoisotopic (exact) mass is 247 g/mol. The number of nitrogens with zero attached hydrogens (tertiary/aromatic N) is 1. The predicted molar refractivity (Wildman–Crippen MR) is 52.3 cm³/mol. The van der Waals surface area contributed by atoms with Crippen molar-refractivity contribution in [3.63, 3.8) is 0 Å². The summed E-state index contributed by atoms with van der Waals surface area (Å²) in [5.74, 6) is 0. The van der Waals surface area contributed by atoms with Crippen molar-refractivity contribution >= 4 is 49.1 Å². The first kappa shape index (κ1) is 7.53. The smallest absolute Gasteiger partial charge is 0.125 e. The van der Waals surface area contributed by atoms with Crippen molar-refractivity contribution in [2.45, 2.75) is 0 Å². The molecule has 2 rings (SSSR count). The molecule has 0 aromatic carbocycles. The van der Waals surface area contributed by atoms with Crippen LogP contribution in [0.3, 0.4) is 0 Å². The minimum absolute atomic E-state index is 0.762. The zero-order valence-corrected chi connectivity index (χ0v) is 8.50. The Morgan fingerprint density at radius 2 is 2.36 bits per heavy atom. The Labute approximate surface area is 81.1 Å². The van der Waals surface area contributed by atoms with E-state index in [0.29, 0.717) is 0 Å². The van der Waals surface area contributed by atoms with Gasteiger partial charge in [-0.1, -0.05) is 11.6 Å². The van der Waals surface area contributed by atoms with Crippen LogP contribution in [0.5, 0.6) is 0 Å². The molecule has 0 aliphatic rings. The highest BCUT2D eigenvalue weighted by molar-refractivity contribution is 9.11. The second-order valence-electron chi connectivity index (χ2n) is 2.05. The van der Waals surface area contributed by atoms with Gasteiger partial charge in [0.15, 0.2) is 0 Å². The van der Waals surface area contributed by atoms with Crippen molar-refractivity contribution in [3.8, 4) is 0 Å². The van der Waals surface area contributed by atoms with Crippen molar-refractivity contribution in [1.29, 1.82) is 0 Å². The number of hydrogen-bond donors (Lipinski definition) is 0. The van der Waals surface area contributed by atoms with Crippen molar-refractivity contribution in [3.05, 3.63) is 27.1 Å². The van der Waals surface area contributed by atoms with Gasteiger partial charge >= 0.3 is 0 Å². The fourth-order valence-electron chi connectivity index (χ4n) is 0.875. The van der Waals surface area contributed by atoms with E-state index in [-0.39, 0.29) is 0 Å². The van der Waals surface area contributed by atoms with Crippen LogP contribution < -0.4 is 0 Å². The number of fused-ring (bicyclic) bond motifs is 1. The summed E-state index contributed by atoms with van der Waals surface area (Å²) < 4.78 is 0.952. The normalized spacial score (nSPS) is 10.7. The number of thiophene rings is 1. The van der Waals surface area contributed by atoms with Gasteiger partial charge in [-0.2, -0.15) is 0 Å². The molecule has 56 valence electrons. The Kier molecular flexibility index (Phi) is 1.87. The third-order valence-corrected chi connectivity index (χ3v) is 3.88. The second kappa shape index (κ2) is 2.73. The van der Waals surface area contributed by atoms with E-state index in [1.54, 1.807) is 17.5 Å². The standard InChI is InChI=1S/C7H3BrClNS/c8-6-5(9)4-2-1-3-10-7(4)11-6/h1-3H. The van der Waals surface area contributed by atoms with E-state index < -0.39 is 0 Å². The van der Waals surface area contributed by atoms with Crippen LogP contribution in [0.25, 0.3) is 10.2 Å². The Balaban J connectivity index is 2.92. The molecule has 2 heterocycles. The lowest BCUT2D eigenvalue weighted by Crippen LogP contribution is -1.67. The summed E-state index contributed by atoms with van der Waals surface area (Å²) in [6, 6.07) is 3.85. The Bertz CT molecular complexity index is 398. The first-order valence-corrected chi connectivity index (χ1v) is 4.96. The van der Waals surface area contributed by atoms with Crippen molar-refractivity contribution in [2.75, 3.05) is 0 Å². The maximum atomic E-state index is 5.97. The van der Waals surface area contributed by atoms with Crippen LogP contribution in [0.15, 0.2) is 22.1 Å². The summed E-state index contributed by atoms with van der Waals surface area (Å²) >= 11 is 10.9. The predicted octanol–water partition coefficient (Wildman–Crippen LogP) is 3.71. The van der Waals surface area contributed by atoms with E-state index >= 15 is 0 Å². The first-order chi connectivity index (χ1) is 5.29. The highest BCUT2D eigenvalue weighted by Crippen LogP contribution is 2.37. The third kappa shape index (κ3) is 1.17. The van der Waals surface area contributed by atoms with Crippen LogP contribution >= 0.6 is 38.9 Å². The molecule has 0 unspecified atom stereocenters. The molecule has 0 amide bonds. The molecule has 0 atom stereocenters. The number of rotatable bonds is 0. The zero-order chi connectivity index (χ0) is 7.84. The molecule has 4 heteroatoms. The molecule has 2 aromatic rings. The van der Waals surface area contributed by atoms with Crippen LogP contribution in [0.4, 0.5) is 0 Å². The molecule has 0 saturated carbocycles. The lowest BCUT2D eigenvalue weighted by atomic mass is 10.3. The Morgan fingerprint density at radius 1 is 1.55 bits per heavy atom. The number of pyridine rings is 1. The van der Waals surface area contributed by atoms with Gasteiger partial charge in [-0.05, 0) is 28.1 Å². The summed E-state index contributed by atoms with van der Waals surface area (Å²) in [4.78, 5) is 5.14. The van der Waals surface area contributed by atoms with Crippen molar-refractivity contribution < 1.29 is 0 Å². The molecule has 0 aliphatic carbocycles. The molecule has 11 heavy (non-hydrogen) atoms. The molecule has 1 nitrogen and oxygen atoms in total. The second-order valence-corrected chi connectivity index (χ2v) is 4.74. The van der Waals surface area contributed by atoms with Gasteiger partial charge in [0.1, 0.15) is 4.83 Å². The Morgan fingerprint density at radius 3 is 3.09 bits per heavy atom. The molecule has 0 N–H and O–H groups in total. The van der Waals surface area contributed by atoms with Gasteiger partial charge < -0.3 is 0 Å². The van der Waals surface area contributed by atoms with Gasteiger partial charge in [0.05, 0.1) is 8.81 Å². The van der Waals surface area contributed by atoms with E-state index in [1.807, 2.05) is 12.1 Å². The topological polar surface area (TPSA) is 12.9 Å².